The van der Waals surface area contributed by atoms with Gasteiger partial charge in [0.25, 0.3) is 0 Å². The first-order valence-electron chi connectivity index (χ1n) is 12.1. The Labute approximate surface area is 211 Å². The van der Waals surface area contributed by atoms with Crippen LogP contribution < -0.4 is 20.9 Å². The Bertz CT molecular complexity index is 932. The second kappa shape index (κ2) is 15.4. The van der Waals surface area contributed by atoms with Crippen LogP contribution in [0.15, 0.2) is 24.3 Å². The molecule has 0 bridgehead atoms. The fourth-order valence-electron chi connectivity index (χ4n) is 3.61. The molecule has 0 heterocycles. The molecule has 36 heavy (non-hydrogen) atoms. The monoisotopic (exact) mass is 527 g/mol. The first kappa shape index (κ1) is 31.3. The number of benzene rings is 1. The molecule has 0 aliphatic rings. The van der Waals surface area contributed by atoms with Gasteiger partial charge in [0.1, 0.15) is 5.75 Å². The largest absolute Gasteiger partial charge is 0.524 e. The van der Waals surface area contributed by atoms with Gasteiger partial charge in [-0.3, -0.25) is 29.0 Å². The van der Waals surface area contributed by atoms with E-state index in [1.807, 2.05) is 20.8 Å². The zero-order valence-corrected chi connectivity index (χ0v) is 22.0. The molecule has 11 nitrogen and oxygen atoms in total. The predicted molar refractivity (Wildman–Crippen MR) is 134 cm³/mol. The summed E-state index contributed by atoms with van der Waals surface area (Å²) < 4.78 is 15.6. The van der Waals surface area contributed by atoms with E-state index in [4.69, 9.17) is 15.5 Å². The summed E-state index contributed by atoms with van der Waals surface area (Å²) in [7, 11) is -4.71. The lowest BCUT2D eigenvalue weighted by Crippen LogP contribution is -2.45. The summed E-state index contributed by atoms with van der Waals surface area (Å²) in [5.41, 5.74) is 5.74. The van der Waals surface area contributed by atoms with E-state index in [0.29, 0.717) is 18.4 Å². The molecule has 6 N–H and O–H groups in total. The van der Waals surface area contributed by atoms with E-state index in [-0.39, 0.29) is 49.2 Å². The van der Waals surface area contributed by atoms with Gasteiger partial charge in [-0.1, -0.05) is 52.2 Å². The minimum atomic E-state index is -4.71. The predicted octanol–water partition coefficient (Wildman–Crippen LogP) is 1.99. The Morgan fingerprint density at radius 1 is 1.08 bits per heavy atom. The first-order valence-corrected chi connectivity index (χ1v) is 13.6. The van der Waals surface area contributed by atoms with Crippen molar-refractivity contribution in [2.45, 2.75) is 71.8 Å². The molecular weight excluding hydrogens is 489 g/mol. The molecule has 3 atom stereocenters. The molecule has 202 valence electrons. The highest BCUT2D eigenvalue weighted by Gasteiger charge is 2.31. The van der Waals surface area contributed by atoms with Crippen molar-refractivity contribution in [1.82, 2.24) is 10.6 Å². The van der Waals surface area contributed by atoms with Gasteiger partial charge in [0.2, 0.25) is 17.7 Å². The molecule has 0 radical (unpaired) electrons. The topological polar surface area (TPSA) is 185 Å². The number of hydrogen-bond acceptors (Lipinski definition) is 6. The number of Topliss-reactive ketones (excluding diaryl/α,β-unsaturated/α-hetero) is 1. The summed E-state index contributed by atoms with van der Waals surface area (Å²) in [5, 5.41) is 5.24. The first-order chi connectivity index (χ1) is 16.9. The fourth-order valence-corrected chi connectivity index (χ4v) is 4.00. The Hall–Kier alpha value is -2.75. The van der Waals surface area contributed by atoms with Gasteiger partial charge in [0.05, 0.1) is 12.6 Å². The molecule has 0 aromatic heterocycles. The summed E-state index contributed by atoms with van der Waals surface area (Å²) in [6.45, 7) is 5.40. The Kier molecular flexibility index (Phi) is 13.4. The average molecular weight is 528 g/mol. The Balaban J connectivity index is 3.06. The standard InChI is InChI=1S/C24H38N3O8P/c1-4-6-7-8-23(30)27-20(13-17-9-11-18(12-10-17)35-36(32,33)34)21(28)14-19(16(3)5-2)24(31)26-15-22(25)29/h9-12,16,19-20H,4-8,13-15H2,1-3H3,(H2,25,29)(H,26,31)(H,27,30)(H2,32,33,34)/t16?,19-,20?/m0/s1. The lowest BCUT2D eigenvalue weighted by molar-refractivity contribution is -0.133. The van der Waals surface area contributed by atoms with Crippen LogP contribution in [-0.2, 0) is 30.2 Å². The number of phosphoric ester groups is 1. The molecule has 2 unspecified atom stereocenters. The van der Waals surface area contributed by atoms with Crippen molar-refractivity contribution in [1.29, 1.82) is 0 Å². The molecule has 0 fully saturated rings. The van der Waals surface area contributed by atoms with Crippen molar-refractivity contribution in [3.05, 3.63) is 29.8 Å². The van der Waals surface area contributed by atoms with Gasteiger partial charge in [-0.2, -0.15) is 0 Å². The number of primary amides is 1. The zero-order chi connectivity index (χ0) is 27.3. The SMILES string of the molecule is CCCCCC(=O)NC(Cc1ccc(OP(=O)(O)O)cc1)C(=O)C[C@H](C(=O)NCC(N)=O)C(C)CC. The summed E-state index contributed by atoms with van der Waals surface area (Å²) in [4.78, 5) is 67.5. The lowest BCUT2D eigenvalue weighted by Gasteiger charge is -2.25. The maximum Gasteiger partial charge on any atom is 0.524 e. The second-order valence-electron chi connectivity index (χ2n) is 8.85. The number of hydrogen-bond donors (Lipinski definition) is 5. The summed E-state index contributed by atoms with van der Waals surface area (Å²) in [5.74, 6) is -2.67. The van der Waals surface area contributed by atoms with Gasteiger partial charge in [-0.15, -0.1) is 0 Å². The van der Waals surface area contributed by atoms with Gasteiger partial charge >= 0.3 is 7.82 Å². The van der Waals surface area contributed by atoms with Gasteiger partial charge < -0.3 is 20.9 Å². The molecule has 12 heteroatoms. The number of rotatable bonds is 17. The number of phosphoric acid groups is 1. The molecule has 0 saturated heterocycles. The molecule has 0 aliphatic heterocycles. The highest BCUT2D eigenvalue weighted by molar-refractivity contribution is 7.46. The van der Waals surface area contributed by atoms with Crippen LogP contribution in [0.4, 0.5) is 0 Å². The van der Waals surface area contributed by atoms with E-state index in [9.17, 15) is 23.7 Å². The van der Waals surface area contributed by atoms with Crippen LogP contribution in [0.1, 0.15) is 64.9 Å². The van der Waals surface area contributed by atoms with Crippen molar-refractivity contribution in [2.75, 3.05) is 6.54 Å². The van der Waals surface area contributed by atoms with Crippen LogP contribution in [0.2, 0.25) is 0 Å². The van der Waals surface area contributed by atoms with Gasteiger partial charge in [0, 0.05) is 18.8 Å². The maximum absolute atomic E-state index is 13.3. The van der Waals surface area contributed by atoms with Crippen molar-refractivity contribution in [2.24, 2.45) is 17.6 Å². The quantitative estimate of drug-likeness (QED) is 0.150. The van der Waals surface area contributed by atoms with Crippen molar-refractivity contribution in [3.8, 4) is 5.75 Å². The van der Waals surface area contributed by atoms with Crippen LogP contribution in [0.5, 0.6) is 5.75 Å². The van der Waals surface area contributed by atoms with Crippen molar-refractivity contribution >= 4 is 31.3 Å². The number of nitrogens with two attached hydrogens (primary N) is 1. The van der Waals surface area contributed by atoms with E-state index >= 15 is 0 Å². The number of unbranched alkanes of at least 4 members (excludes halogenated alkanes) is 2. The molecule has 1 rings (SSSR count). The minimum absolute atomic E-state index is 0.0403. The fraction of sp³-hybridized carbons (Fsp3) is 0.583. The highest BCUT2D eigenvalue weighted by Crippen LogP contribution is 2.37. The lowest BCUT2D eigenvalue weighted by atomic mass is 9.84. The van der Waals surface area contributed by atoms with E-state index in [2.05, 4.69) is 15.2 Å². The van der Waals surface area contributed by atoms with E-state index < -0.39 is 31.6 Å². The molecule has 1 aromatic rings. The van der Waals surface area contributed by atoms with E-state index in [0.717, 1.165) is 12.8 Å². The maximum atomic E-state index is 13.3. The molecule has 0 aliphatic carbocycles. The normalized spacial score (nSPS) is 13.8. The number of amides is 3. The van der Waals surface area contributed by atoms with Crippen molar-refractivity contribution < 1.29 is 38.1 Å². The molecule has 0 spiro atoms. The van der Waals surface area contributed by atoms with Crippen LogP contribution in [0.25, 0.3) is 0 Å². The third-order valence-electron chi connectivity index (χ3n) is 5.84. The summed E-state index contributed by atoms with van der Waals surface area (Å²) in [6.07, 6.45) is 3.36. The molecule has 1 aromatic carbocycles. The van der Waals surface area contributed by atoms with E-state index in [1.54, 1.807) is 12.1 Å². The van der Waals surface area contributed by atoms with Crippen LogP contribution in [-0.4, -0.2) is 45.9 Å². The number of carbonyl (C=O) groups is 4. The number of ketones is 1. The number of nitrogens with one attached hydrogen (secondary N) is 2. The minimum Gasteiger partial charge on any atom is -0.404 e. The average Bonchev–Trinajstić information content (AvgIpc) is 2.80. The molecule has 3 amide bonds. The summed E-state index contributed by atoms with van der Waals surface area (Å²) in [6, 6.07) is 4.89. The molecular formula is C24H38N3O8P. The highest BCUT2D eigenvalue weighted by atomic mass is 31.2. The van der Waals surface area contributed by atoms with E-state index in [1.165, 1.54) is 12.1 Å². The zero-order valence-electron chi connectivity index (χ0n) is 21.1. The summed E-state index contributed by atoms with van der Waals surface area (Å²) >= 11 is 0. The van der Waals surface area contributed by atoms with Crippen molar-refractivity contribution in [3.63, 3.8) is 0 Å². The Morgan fingerprint density at radius 3 is 2.25 bits per heavy atom. The third-order valence-corrected chi connectivity index (χ3v) is 6.29. The van der Waals surface area contributed by atoms with Gasteiger partial charge in [-0.05, 0) is 36.5 Å². The van der Waals surface area contributed by atoms with Gasteiger partial charge in [0.15, 0.2) is 5.78 Å². The van der Waals surface area contributed by atoms with Crippen LogP contribution in [0, 0.1) is 11.8 Å². The smallest absolute Gasteiger partial charge is 0.404 e. The third kappa shape index (κ3) is 12.3. The van der Waals surface area contributed by atoms with Gasteiger partial charge in [-0.25, -0.2) is 4.57 Å². The van der Waals surface area contributed by atoms with Crippen LogP contribution in [0.3, 0.4) is 0 Å². The van der Waals surface area contributed by atoms with Crippen LogP contribution >= 0.6 is 7.82 Å². The second-order valence-corrected chi connectivity index (χ2v) is 10.0. The molecule has 0 saturated carbocycles. The Morgan fingerprint density at radius 2 is 1.72 bits per heavy atom. The number of carbonyl (C=O) groups excluding carboxylic acids is 4.